The lowest BCUT2D eigenvalue weighted by atomic mass is 10.0. The summed E-state index contributed by atoms with van der Waals surface area (Å²) in [4.78, 5) is 11.6. The fourth-order valence-corrected chi connectivity index (χ4v) is 4.15. The third kappa shape index (κ3) is 4.31. The van der Waals surface area contributed by atoms with Gasteiger partial charge in [0.15, 0.2) is 0 Å². The Labute approximate surface area is 170 Å². The van der Waals surface area contributed by atoms with Crippen molar-refractivity contribution in [3.05, 3.63) is 48.4 Å². The molecule has 0 radical (unpaired) electrons. The highest BCUT2D eigenvalue weighted by Gasteiger charge is 2.31. The number of H-pyrrole nitrogens is 1. The Balaban J connectivity index is 1.69. The Morgan fingerprint density at radius 2 is 2.00 bits per heavy atom. The SMILES string of the molecule is CS(=O)(=O)N1CC=C(c2cc3c(-c4cccc(OC(F)(F)F)c4)ncnc3[nH]2)CC1. The van der Waals surface area contributed by atoms with Crippen molar-refractivity contribution in [1.82, 2.24) is 19.3 Å². The predicted molar refractivity (Wildman–Crippen MR) is 105 cm³/mol. The zero-order valence-electron chi connectivity index (χ0n) is 15.8. The van der Waals surface area contributed by atoms with E-state index in [0.717, 1.165) is 11.3 Å². The molecule has 0 unspecified atom stereocenters. The van der Waals surface area contributed by atoms with Crippen LogP contribution in [0.1, 0.15) is 12.1 Å². The Morgan fingerprint density at radius 3 is 2.67 bits per heavy atom. The van der Waals surface area contributed by atoms with Gasteiger partial charge < -0.3 is 9.72 Å². The van der Waals surface area contributed by atoms with Gasteiger partial charge in [-0.2, -0.15) is 4.31 Å². The van der Waals surface area contributed by atoms with Crippen LogP contribution >= 0.6 is 0 Å². The summed E-state index contributed by atoms with van der Waals surface area (Å²) in [6.07, 6.45) is 0.0784. The van der Waals surface area contributed by atoms with Gasteiger partial charge >= 0.3 is 6.36 Å². The summed E-state index contributed by atoms with van der Waals surface area (Å²) in [7, 11) is -3.25. The normalized spacial score (nSPS) is 15.9. The highest BCUT2D eigenvalue weighted by atomic mass is 32.2. The molecule has 0 saturated heterocycles. The van der Waals surface area contributed by atoms with E-state index in [1.807, 2.05) is 12.1 Å². The lowest BCUT2D eigenvalue weighted by Gasteiger charge is -2.23. The van der Waals surface area contributed by atoms with Crippen LogP contribution in [0.4, 0.5) is 13.2 Å². The standard InChI is InChI=1S/C19H17F3N4O3S/c1-30(27,28)26-7-5-12(6-8-26)16-10-15-17(23-11-24-18(15)25-16)13-3-2-4-14(9-13)29-19(20,21)22/h2-5,9-11H,6-8H2,1H3,(H,23,24,25). The summed E-state index contributed by atoms with van der Waals surface area (Å²) >= 11 is 0. The summed E-state index contributed by atoms with van der Waals surface area (Å²) < 4.78 is 66.4. The van der Waals surface area contributed by atoms with Gasteiger partial charge in [0.25, 0.3) is 0 Å². The highest BCUT2D eigenvalue weighted by molar-refractivity contribution is 7.88. The molecule has 3 heterocycles. The number of aromatic amines is 1. The molecule has 0 bridgehead atoms. The molecular formula is C19H17F3N4O3S. The third-order valence-corrected chi connectivity index (χ3v) is 6.02. The van der Waals surface area contributed by atoms with Crippen LogP contribution in [-0.2, 0) is 10.0 Å². The molecule has 30 heavy (non-hydrogen) atoms. The van der Waals surface area contributed by atoms with E-state index in [0.29, 0.717) is 35.3 Å². The number of hydrogen-bond donors (Lipinski definition) is 1. The number of hydrogen-bond acceptors (Lipinski definition) is 5. The van der Waals surface area contributed by atoms with Crippen molar-refractivity contribution in [2.75, 3.05) is 19.3 Å². The number of halogens is 3. The molecule has 0 amide bonds. The lowest BCUT2D eigenvalue weighted by Crippen LogP contribution is -2.33. The second-order valence-corrected chi connectivity index (χ2v) is 8.83. The van der Waals surface area contributed by atoms with Gasteiger partial charge in [0.2, 0.25) is 10.0 Å². The molecule has 0 fully saturated rings. The number of aromatic nitrogens is 3. The number of rotatable bonds is 4. The van der Waals surface area contributed by atoms with Crippen molar-refractivity contribution in [3.8, 4) is 17.0 Å². The van der Waals surface area contributed by atoms with E-state index in [2.05, 4.69) is 19.7 Å². The molecule has 11 heteroatoms. The summed E-state index contributed by atoms with van der Waals surface area (Å²) in [5.41, 5.74) is 3.15. The van der Waals surface area contributed by atoms with Crippen LogP contribution in [0.3, 0.4) is 0 Å². The van der Waals surface area contributed by atoms with Crippen molar-refractivity contribution in [2.24, 2.45) is 0 Å². The largest absolute Gasteiger partial charge is 0.573 e. The Bertz CT molecular complexity index is 1240. The molecule has 1 aliphatic rings. The van der Waals surface area contributed by atoms with Gasteiger partial charge in [-0.15, -0.1) is 13.2 Å². The second kappa shape index (κ2) is 7.40. The summed E-state index contributed by atoms with van der Waals surface area (Å²) in [6.45, 7) is 0.647. The van der Waals surface area contributed by atoms with Crippen molar-refractivity contribution in [3.63, 3.8) is 0 Å². The molecule has 1 aliphatic heterocycles. The van der Waals surface area contributed by atoms with E-state index < -0.39 is 16.4 Å². The van der Waals surface area contributed by atoms with E-state index in [4.69, 9.17) is 0 Å². The van der Waals surface area contributed by atoms with Crippen LogP contribution in [0.25, 0.3) is 27.9 Å². The van der Waals surface area contributed by atoms with Gasteiger partial charge in [0, 0.05) is 29.7 Å². The van der Waals surface area contributed by atoms with Gasteiger partial charge in [0.1, 0.15) is 17.7 Å². The molecule has 0 atom stereocenters. The molecule has 158 valence electrons. The third-order valence-electron chi connectivity index (χ3n) is 4.75. The smallest absolute Gasteiger partial charge is 0.406 e. The number of nitrogens with zero attached hydrogens (tertiary/aromatic N) is 3. The summed E-state index contributed by atoms with van der Waals surface area (Å²) in [6, 6.07) is 7.41. The number of fused-ring (bicyclic) bond motifs is 1. The Morgan fingerprint density at radius 1 is 1.20 bits per heavy atom. The van der Waals surface area contributed by atoms with Gasteiger partial charge in [-0.3, -0.25) is 0 Å². The van der Waals surface area contributed by atoms with Crippen molar-refractivity contribution >= 4 is 26.6 Å². The van der Waals surface area contributed by atoms with E-state index in [1.54, 1.807) is 6.07 Å². The first-order valence-electron chi connectivity index (χ1n) is 8.94. The van der Waals surface area contributed by atoms with Crippen LogP contribution in [0, 0.1) is 0 Å². The van der Waals surface area contributed by atoms with Crippen LogP contribution < -0.4 is 4.74 Å². The van der Waals surface area contributed by atoms with Gasteiger partial charge in [-0.25, -0.2) is 18.4 Å². The fourth-order valence-electron chi connectivity index (χ4n) is 3.38. The van der Waals surface area contributed by atoms with E-state index in [-0.39, 0.29) is 12.3 Å². The number of benzene rings is 1. The summed E-state index contributed by atoms with van der Waals surface area (Å²) in [5, 5.41) is 0.642. The van der Waals surface area contributed by atoms with Crippen LogP contribution in [0.15, 0.2) is 42.7 Å². The van der Waals surface area contributed by atoms with Gasteiger partial charge in [-0.05, 0) is 30.2 Å². The van der Waals surface area contributed by atoms with Crippen molar-refractivity contribution < 1.29 is 26.3 Å². The molecule has 1 N–H and O–H groups in total. The zero-order chi connectivity index (χ0) is 21.5. The van der Waals surface area contributed by atoms with Crippen molar-refractivity contribution in [2.45, 2.75) is 12.8 Å². The first-order chi connectivity index (χ1) is 14.1. The molecular weight excluding hydrogens is 421 g/mol. The Kier molecular flexibility index (Phi) is 5.02. The second-order valence-electron chi connectivity index (χ2n) is 6.84. The number of sulfonamides is 1. The molecule has 2 aromatic heterocycles. The quantitative estimate of drug-likeness (QED) is 0.673. The molecule has 4 rings (SSSR count). The van der Waals surface area contributed by atoms with Crippen LogP contribution in [-0.4, -0.2) is 53.4 Å². The molecule has 1 aromatic carbocycles. The zero-order valence-corrected chi connectivity index (χ0v) is 16.6. The highest BCUT2D eigenvalue weighted by Crippen LogP contribution is 2.32. The minimum atomic E-state index is -4.78. The molecule has 0 spiro atoms. The maximum atomic E-state index is 12.5. The van der Waals surface area contributed by atoms with Gasteiger partial charge in [-0.1, -0.05) is 18.2 Å². The van der Waals surface area contributed by atoms with Gasteiger partial charge in [0.05, 0.1) is 11.9 Å². The van der Waals surface area contributed by atoms with E-state index in [1.165, 1.54) is 35.1 Å². The Hall–Kier alpha value is -2.92. The average molecular weight is 438 g/mol. The maximum absolute atomic E-state index is 12.5. The number of alkyl halides is 3. The fraction of sp³-hybridized carbons (Fsp3) is 0.263. The van der Waals surface area contributed by atoms with Crippen LogP contribution in [0.5, 0.6) is 5.75 Å². The molecule has 0 saturated carbocycles. The first-order valence-corrected chi connectivity index (χ1v) is 10.8. The number of nitrogens with one attached hydrogen (secondary N) is 1. The number of ether oxygens (including phenoxy) is 1. The maximum Gasteiger partial charge on any atom is 0.573 e. The minimum absolute atomic E-state index is 0.277. The molecule has 0 aliphatic carbocycles. The van der Waals surface area contributed by atoms with Crippen molar-refractivity contribution in [1.29, 1.82) is 0 Å². The molecule has 7 nitrogen and oxygen atoms in total. The monoisotopic (exact) mass is 438 g/mol. The molecule has 3 aromatic rings. The van der Waals surface area contributed by atoms with E-state index in [9.17, 15) is 21.6 Å². The summed E-state index contributed by atoms with van der Waals surface area (Å²) in [5.74, 6) is -0.335. The topological polar surface area (TPSA) is 88.2 Å². The van der Waals surface area contributed by atoms with E-state index >= 15 is 0 Å². The first kappa shape index (κ1) is 20.4. The predicted octanol–water partition coefficient (Wildman–Crippen LogP) is 3.57. The minimum Gasteiger partial charge on any atom is -0.406 e. The van der Waals surface area contributed by atoms with Crippen LogP contribution in [0.2, 0.25) is 0 Å². The lowest BCUT2D eigenvalue weighted by molar-refractivity contribution is -0.274. The average Bonchev–Trinajstić information content (AvgIpc) is 3.10.